The van der Waals surface area contributed by atoms with Crippen LogP contribution < -0.4 is 4.90 Å². The summed E-state index contributed by atoms with van der Waals surface area (Å²) in [5, 5.41) is 9.95. The second-order valence-corrected chi connectivity index (χ2v) is 8.38. The summed E-state index contributed by atoms with van der Waals surface area (Å²) in [5.41, 5.74) is 0. The lowest BCUT2D eigenvalue weighted by atomic mass is 10.2. The van der Waals surface area contributed by atoms with Crippen LogP contribution in [0.5, 0.6) is 0 Å². The molecule has 1 amide bonds. The van der Waals surface area contributed by atoms with E-state index >= 15 is 0 Å². The number of aromatic nitrogens is 3. The number of amides is 1. The predicted octanol–water partition coefficient (Wildman–Crippen LogP) is 2.41. The fraction of sp³-hybridized carbons (Fsp3) is 0.833. The Labute approximate surface area is 160 Å². The Kier molecular flexibility index (Phi) is 7.19. The van der Waals surface area contributed by atoms with Crippen LogP contribution in [0.25, 0.3) is 0 Å². The molecule has 3 rings (SSSR count). The monoisotopic (exact) mass is 381 g/mol. The molecule has 2 fully saturated rings. The lowest BCUT2D eigenvalue weighted by molar-refractivity contribution is -0.128. The molecule has 3 heterocycles. The molecule has 2 saturated heterocycles. The molecule has 2 aliphatic heterocycles. The lowest BCUT2D eigenvalue weighted by Crippen LogP contribution is -2.25. The molecule has 0 radical (unpaired) electrons. The zero-order valence-corrected chi connectivity index (χ0v) is 16.8. The van der Waals surface area contributed by atoms with E-state index in [1.54, 1.807) is 16.7 Å². The van der Waals surface area contributed by atoms with Gasteiger partial charge in [-0.1, -0.05) is 11.8 Å². The van der Waals surface area contributed by atoms with E-state index in [9.17, 15) is 4.79 Å². The Hall–Kier alpha value is -1.28. The van der Waals surface area contributed by atoms with Crippen LogP contribution in [0.3, 0.4) is 0 Å². The second-order valence-electron chi connectivity index (χ2n) is 7.32. The first-order valence-corrected chi connectivity index (χ1v) is 10.8. The van der Waals surface area contributed by atoms with Crippen molar-refractivity contribution in [3.63, 3.8) is 0 Å². The van der Waals surface area contributed by atoms with E-state index in [0.717, 1.165) is 68.8 Å². The molecule has 0 N–H and O–H groups in total. The highest BCUT2D eigenvalue weighted by molar-refractivity contribution is 7.99. The lowest BCUT2D eigenvalue weighted by Gasteiger charge is -2.20. The maximum atomic E-state index is 11.6. The van der Waals surface area contributed by atoms with Gasteiger partial charge in [-0.25, -0.2) is 0 Å². The minimum absolute atomic E-state index is 0.202. The maximum Gasteiger partial charge on any atom is 0.228 e. The highest BCUT2D eigenvalue weighted by Crippen LogP contribution is 2.27. The summed E-state index contributed by atoms with van der Waals surface area (Å²) in [4.78, 5) is 15.7. The smallest absolute Gasteiger partial charge is 0.228 e. The number of ether oxygens (including phenoxy) is 1. The Bertz CT molecular complexity index is 580. The molecule has 1 aromatic rings. The minimum Gasteiger partial charge on any atom is -0.376 e. The molecule has 0 aliphatic carbocycles. The first-order chi connectivity index (χ1) is 12.6. The van der Waals surface area contributed by atoms with Crippen molar-refractivity contribution in [2.45, 2.75) is 62.8 Å². The van der Waals surface area contributed by atoms with Gasteiger partial charge in [0.1, 0.15) is 0 Å². The molecule has 0 bridgehead atoms. The first kappa shape index (κ1) is 19.5. The van der Waals surface area contributed by atoms with Gasteiger partial charge in [-0.05, 0) is 38.5 Å². The van der Waals surface area contributed by atoms with Gasteiger partial charge in [-0.3, -0.25) is 9.36 Å². The molecule has 0 saturated carbocycles. The fourth-order valence-corrected chi connectivity index (χ4v) is 4.40. The SMILES string of the molecule is CN(C)C(=O)CCCCSc1nnc(N2CCCC2)n1CC1CCCO1. The van der Waals surface area contributed by atoms with E-state index in [1.807, 2.05) is 14.1 Å². The highest BCUT2D eigenvalue weighted by Gasteiger charge is 2.25. The minimum atomic E-state index is 0.202. The van der Waals surface area contributed by atoms with E-state index < -0.39 is 0 Å². The molecule has 2 aliphatic rings. The van der Waals surface area contributed by atoms with Crippen molar-refractivity contribution in [2.75, 3.05) is 44.4 Å². The number of carbonyl (C=O) groups excluding carboxylic acids is 1. The molecule has 8 heteroatoms. The topological polar surface area (TPSA) is 63.5 Å². The highest BCUT2D eigenvalue weighted by atomic mass is 32.2. The van der Waals surface area contributed by atoms with Gasteiger partial charge in [0, 0.05) is 46.0 Å². The molecule has 1 aromatic heterocycles. The van der Waals surface area contributed by atoms with E-state index in [0.29, 0.717) is 6.42 Å². The van der Waals surface area contributed by atoms with E-state index in [1.165, 1.54) is 12.8 Å². The summed E-state index contributed by atoms with van der Waals surface area (Å²) in [7, 11) is 3.62. The Morgan fingerprint density at radius 2 is 2.04 bits per heavy atom. The molecule has 1 unspecified atom stereocenters. The van der Waals surface area contributed by atoms with E-state index in [2.05, 4.69) is 19.7 Å². The number of nitrogens with zero attached hydrogens (tertiary/aromatic N) is 5. The van der Waals surface area contributed by atoms with Gasteiger partial charge in [-0.15, -0.1) is 10.2 Å². The number of hydrogen-bond donors (Lipinski definition) is 0. The van der Waals surface area contributed by atoms with Crippen LogP contribution in [0.1, 0.15) is 44.9 Å². The summed E-state index contributed by atoms with van der Waals surface area (Å²) in [6, 6.07) is 0. The third kappa shape index (κ3) is 5.13. The largest absolute Gasteiger partial charge is 0.376 e. The van der Waals surface area contributed by atoms with Gasteiger partial charge < -0.3 is 14.5 Å². The van der Waals surface area contributed by atoms with Crippen molar-refractivity contribution in [2.24, 2.45) is 0 Å². The van der Waals surface area contributed by atoms with Gasteiger partial charge >= 0.3 is 0 Å². The zero-order chi connectivity index (χ0) is 18.4. The number of hydrogen-bond acceptors (Lipinski definition) is 6. The van der Waals surface area contributed by atoms with Crippen LogP contribution in [0.2, 0.25) is 0 Å². The van der Waals surface area contributed by atoms with Gasteiger partial charge in [0.05, 0.1) is 12.6 Å². The van der Waals surface area contributed by atoms with Gasteiger partial charge in [-0.2, -0.15) is 0 Å². The van der Waals surface area contributed by atoms with Crippen LogP contribution in [0, 0.1) is 0 Å². The number of unbranched alkanes of at least 4 members (excludes halogenated alkanes) is 1. The predicted molar refractivity (Wildman–Crippen MR) is 104 cm³/mol. The van der Waals surface area contributed by atoms with Gasteiger partial charge in [0.15, 0.2) is 5.16 Å². The average molecular weight is 382 g/mol. The standard InChI is InChI=1S/C18H31N5O2S/c1-21(2)16(24)9-3-6-13-26-18-20-19-17(22-10-4-5-11-22)23(18)14-15-8-7-12-25-15/h15H,3-14H2,1-2H3. The van der Waals surface area contributed by atoms with Gasteiger partial charge in [0.25, 0.3) is 0 Å². The molecule has 0 aromatic carbocycles. The van der Waals surface area contributed by atoms with E-state index in [-0.39, 0.29) is 12.0 Å². The summed E-state index contributed by atoms with van der Waals surface area (Å²) >= 11 is 1.75. The molecule has 7 nitrogen and oxygen atoms in total. The zero-order valence-electron chi connectivity index (χ0n) is 16.0. The van der Waals surface area contributed by atoms with Crippen molar-refractivity contribution in [3.05, 3.63) is 0 Å². The average Bonchev–Trinajstić information content (AvgIpc) is 3.36. The second kappa shape index (κ2) is 9.60. The van der Waals surface area contributed by atoms with Crippen LogP contribution in [0.4, 0.5) is 5.95 Å². The molecule has 0 spiro atoms. The molecular formula is C18H31N5O2S. The normalized spacial score (nSPS) is 20.1. The summed E-state index contributed by atoms with van der Waals surface area (Å²) in [6.45, 7) is 3.86. The number of anilines is 1. The summed E-state index contributed by atoms with van der Waals surface area (Å²) < 4.78 is 8.11. The van der Waals surface area contributed by atoms with Crippen LogP contribution in [-0.2, 0) is 16.1 Å². The number of rotatable bonds is 9. The van der Waals surface area contributed by atoms with Crippen molar-refractivity contribution in [1.82, 2.24) is 19.7 Å². The third-order valence-electron chi connectivity index (χ3n) is 5.01. The summed E-state index contributed by atoms with van der Waals surface area (Å²) in [6.07, 6.45) is 7.56. The number of carbonyl (C=O) groups is 1. The molecule has 26 heavy (non-hydrogen) atoms. The Morgan fingerprint density at radius 3 is 2.73 bits per heavy atom. The quantitative estimate of drug-likeness (QED) is 0.483. The van der Waals surface area contributed by atoms with Crippen molar-refractivity contribution in [1.29, 1.82) is 0 Å². The fourth-order valence-electron chi connectivity index (χ4n) is 3.46. The van der Waals surface area contributed by atoms with Crippen LogP contribution in [-0.4, -0.2) is 71.2 Å². The Morgan fingerprint density at radius 1 is 1.23 bits per heavy atom. The third-order valence-corrected chi connectivity index (χ3v) is 6.06. The van der Waals surface area contributed by atoms with Crippen molar-refractivity contribution >= 4 is 23.6 Å². The van der Waals surface area contributed by atoms with E-state index in [4.69, 9.17) is 4.74 Å². The van der Waals surface area contributed by atoms with Crippen LogP contribution in [0.15, 0.2) is 5.16 Å². The van der Waals surface area contributed by atoms with Gasteiger partial charge in [0.2, 0.25) is 11.9 Å². The number of thioether (sulfide) groups is 1. The summed E-state index contributed by atoms with van der Waals surface area (Å²) in [5.74, 6) is 2.17. The molecular weight excluding hydrogens is 350 g/mol. The maximum absolute atomic E-state index is 11.6. The Balaban J connectivity index is 1.56. The van der Waals surface area contributed by atoms with Crippen molar-refractivity contribution in [3.8, 4) is 0 Å². The van der Waals surface area contributed by atoms with Crippen molar-refractivity contribution < 1.29 is 9.53 Å². The molecule has 1 atom stereocenters. The molecule has 146 valence electrons. The first-order valence-electron chi connectivity index (χ1n) is 9.78. The van der Waals surface area contributed by atoms with Crippen LogP contribution >= 0.6 is 11.8 Å².